The number of nitrogens with one attached hydrogen (secondary N) is 2. The number of amides is 2. The molecule has 0 spiro atoms. The third kappa shape index (κ3) is 4.11. The molecule has 0 aromatic heterocycles. The van der Waals surface area contributed by atoms with Crippen molar-refractivity contribution in [3.8, 4) is 0 Å². The van der Waals surface area contributed by atoms with Crippen molar-refractivity contribution in [2.75, 3.05) is 18.9 Å². The predicted molar refractivity (Wildman–Crippen MR) is 103 cm³/mol. The Morgan fingerprint density at radius 2 is 1.96 bits per heavy atom. The van der Waals surface area contributed by atoms with E-state index in [1.807, 2.05) is 6.07 Å². The molecular weight excluding hydrogens is 326 g/mol. The smallest absolute Gasteiger partial charge is 0.253 e. The average molecular weight is 351 g/mol. The van der Waals surface area contributed by atoms with Gasteiger partial charge in [-0.3, -0.25) is 14.5 Å². The highest BCUT2D eigenvalue weighted by molar-refractivity contribution is 6.04. The van der Waals surface area contributed by atoms with Crippen molar-refractivity contribution in [1.29, 1.82) is 0 Å². The first-order valence-electron chi connectivity index (χ1n) is 9.00. The van der Waals surface area contributed by atoms with Crippen LogP contribution in [-0.2, 0) is 11.3 Å². The number of likely N-dealkylation sites (tertiary alicyclic amines) is 1. The molecule has 1 fully saturated rings. The molecule has 5 nitrogen and oxygen atoms in total. The van der Waals surface area contributed by atoms with Gasteiger partial charge in [0, 0.05) is 13.6 Å². The summed E-state index contributed by atoms with van der Waals surface area (Å²) in [6.07, 6.45) is 1.83. The van der Waals surface area contributed by atoms with Crippen LogP contribution in [0.25, 0.3) is 0 Å². The van der Waals surface area contributed by atoms with Crippen LogP contribution >= 0.6 is 0 Å². The van der Waals surface area contributed by atoms with Gasteiger partial charge in [0.25, 0.3) is 5.91 Å². The molecule has 0 radical (unpaired) electrons. The molecule has 1 heterocycles. The normalized spacial score (nSPS) is 17.1. The minimum atomic E-state index is -0.205. The van der Waals surface area contributed by atoms with Crippen LogP contribution in [0.4, 0.5) is 5.69 Å². The summed E-state index contributed by atoms with van der Waals surface area (Å²) in [5.74, 6) is -0.254. The van der Waals surface area contributed by atoms with Crippen LogP contribution in [0.15, 0.2) is 48.5 Å². The molecule has 3 rings (SSSR count). The molecule has 0 bridgehead atoms. The van der Waals surface area contributed by atoms with Crippen molar-refractivity contribution < 1.29 is 9.59 Å². The van der Waals surface area contributed by atoms with Crippen molar-refractivity contribution in [2.45, 2.75) is 32.4 Å². The lowest BCUT2D eigenvalue weighted by Gasteiger charge is -2.24. The molecule has 2 aromatic rings. The predicted octanol–water partition coefficient (Wildman–Crippen LogP) is 2.96. The largest absolute Gasteiger partial charge is 0.355 e. The van der Waals surface area contributed by atoms with Crippen molar-refractivity contribution in [3.63, 3.8) is 0 Å². The van der Waals surface area contributed by atoms with E-state index in [-0.39, 0.29) is 17.9 Å². The van der Waals surface area contributed by atoms with Crippen LogP contribution < -0.4 is 10.6 Å². The Kier molecular flexibility index (Phi) is 5.68. The molecule has 0 saturated carbocycles. The second-order valence-corrected chi connectivity index (χ2v) is 6.73. The van der Waals surface area contributed by atoms with E-state index in [1.165, 1.54) is 11.1 Å². The van der Waals surface area contributed by atoms with Crippen LogP contribution in [-0.4, -0.2) is 36.3 Å². The van der Waals surface area contributed by atoms with Crippen molar-refractivity contribution in [3.05, 3.63) is 65.2 Å². The van der Waals surface area contributed by atoms with E-state index in [1.54, 1.807) is 25.2 Å². The summed E-state index contributed by atoms with van der Waals surface area (Å²) in [5.41, 5.74) is 3.48. The number of anilines is 1. The zero-order valence-electron chi connectivity index (χ0n) is 15.3. The van der Waals surface area contributed by atoms with Crippen LogP contribution in [0, 0.1) is 6.92 Å². The SMILES string of the molecule is CNC(=O)c1ccccc1NC(=O)C1CCCN1Cc1cccc(C)c1. The number of nitrogens with zero attached hydrogens (tertiary/aromatic N) is 1. The quantitative estimate of drug-likeness (QED) is 0.871. The van der Waals surface area contributed by atoms with Gasteiger partial charge in [-0.25, -0.2) is 0 Å². The van der Waals surface area contributed by atoms with Gasteiger partial charge in [-0.1, -0.05) is 42.0 Å². The first-order chi connectivity index (χ1) is 12.6. The molecule has 0 aliphatic carbocycles. The summed E-state index contributed by atoms with van der Waals surface area (Å²) >= 11 is 0. The van der Waals surface area contributed by atoms with Crippen molar-refractivity contribution in [2.24, 2.45) is 0 Å². The minimum Gasteiger partial charge on any atom is -0.355 e. The fourth-order valence-corrected chi connectivity index (χ4v) is 3.50. The molecule has 1 aliphatic rings. The van der Waals surface area contributed by atoms with E-state index in [9.17, 15) is 9.59 Å². The number of hydrogen-bond acceptors (Lipinski definition) is 3. The number of rotatable bonds is 5. The molecular formula is C21H25N3O2. The average Bonchev–Trinajstić information content (AvgIpc) is 3.10. The summed E-state index contributed by atoms with van der Waals surface area (Å²) in [7, 11) is 1.58. The lowest BCUT2D eigenvalue weighted by Crippen LogP contribution is -2.39. The second kappa shape index (κ2) is 8.15. The second-order valence-electron chi connectivity index (χ2n) is 6.73. The Hall–Kier alpha value is -2.66. The van der Waals surface area contributed by atoms with Crippen LogP contribution in [0.3, 0.4) is 0 Å². The van der Waals surface area contributed by atoms with Gasteiger partial charge in [0.05, 0.1) is 17.3 Å². The monoisotopic (exact) mass is 351 g/mol. The molecule has 1 unspecified atom stereocenters. The number of benzene rings is 2. The molecule has 26 heavy (non-hydrogen) atoms. The topological polar surface area (TPSA) is 61.4 Å². The Morgan fingerprint density at radius 1 is 1.15 bits per heavy atom. The first-order valence-corrected chi connectivity index (χ1v) is 9.00. The number of para-hydroxylation sites is 1. The summed E-state index contributed by atoms with van der Waals surface area (Å²) in [5, 5.41) is 5.56. The first kappa shape index (κ1) is 18.1. The molecule has 2 amide bonds. The molecule has 2 N–H and O–H groups in total. The zero-order chi connectivity index (χ0) is 18.5. The van der Waals surface area contributed by atoms with E-state index < -0.39 is 0 Å². The summed E-state index contributed by atoms with van der Waals surface area (Å²) in [6, 6.07) is 15.3. The van der Waals surface area contributed by atoms with Gasteiger partial charge in [-0.15, -0.1) is 0 Å². The highest BCUT2D eigenvalue weighted by Crippen LogP contribution is 2.23. The zero-order valence-corrected chi connectivity index (χ0v) is 15.3. The van der Waals surface area contributed by atoms with Crippen molar-refractivity contribution >= 4 is 17.5 Å². The lowest BCUT2D eigenvalue weighted by molar-refractivity contribution is -0.120. The third-order valence-electron chi connectivity index (χ3n) is 4.79. The number of aryl methyl sites for hydroxylation is 1. The molecule has 1 atom stereocenters. The van der Waals surface area contributed by atoms with Gasteiger partial charge < -0.3 is 10.6 Å². The van der Waals surface area contributed by atoms with Crippen LogP contribution in [0.1, 0.15) is 34.3 Å². The Morgan fingerprint density at radius 3 is 2.73 bits per heavy atom. The maximum absolute atomic E-state index is 12.9. The van der Waals surface area contributed by atoms with Crippen molar-refractivity contribution in [1.82, 2.24) is 10.2 Å². The fraction of sp³-hybridized carbons (Fsp3) is 0.333. The van der Waals surface area contributed by atoms with E-state index in [2.05, 4.69) is 46.7 Å². The van der Waals surface area contributed by atoms with Gasteiger partial charge in [-0.05, 0) is 44.0 Å². The van der Waals surface area contributed by atoms with E-state index in [4.69, 9.17) is 0 Å². The number of carbonyl (C=O) groups is 2. The lowest BCUT2D eigenvalue weighted by atomic mass is 10.1. The van der Waals surface area contributed by atoms with E-state index >= 15 is 0 Å². The molecule has 5 heteroatoms. The van der Waals surface area contributed by atoms with Gasteiger partial charge in [0.1, 0.15) is 0 Å². The highest BCUT2D eigenvalue weighted by Gasteiger charge is 2.31. The molecule has 1 saturated heterocycles. The Bertz CT molecular complexity index is 803. The molecule has 1 aliphatic heterocycles. The Labute approximate surface area is 154 Å². The fourth-order valence-electron chi connectivity index (χ4n) is 3.50. The van der Waals surface area contributed by atoms with Gasteiger partial charge in [0.15, 0.2) is 0 Å². The third-order valence-corrected chi connectivity index (χ3v) is 4.79. The highest BCUT2D eigenvalue weighted by atomic mass is 16.2. The number of hydrogen-bond donors (Lipinski definition) is 2. The molecule has 2 aromatic carbocycles. The van der Waals surface area contributed by atoms with E-state index in [0.717, 1.165) is 25.9 Å². The van der Waals surface area contributed by atoms with Crippen LogP contribution in [0.2, 0.25) is 0 Å². The minimum absolute atomic E-state index is 0.0495. The summed E-state index contributed by atoms with van der Waals surface area (Å²) in [6.45, 7) is 3.74. The van der Waals surface area contributed by atoms with Gasteiger partial charge in [-0.2, -0.15) is 0 Å². The number of carbonyl (C=O) groups excluding carboxylic acids is 2. The molecule has 136 valence electrons. The van der Waals surface area contributed by atoms with E-state index in [0.29, 0.717) is 11.3 Å². The maximum atomic E-state index is 12.9. The Balaban J connectivity index is 1.72. The summed E-state index contributed by atoms with van der Waals surface area (Å²) in [4.78, 5) is 27.1. The standard InChI is InChI=1S/C21H25N3O2/c1-15-7-5-8-16(13-15)14-24-12-6-11-19(24)21(26)23-18-10-4-3-9-17(18)20(25)22-2/h3-5,7-10,13,19H,6,11-12,14H2,1-2H3,(H,22,25)(H,23,26). The van der Waals surface area contributed by atoms with Gasteiger partial charge in [0.2, 0.25) is 5.91 Å². The maximum Gasteiger partial charge on any atom is 0.253 e. The van der Waals surface area contributed by atoms with Gasteiger partial charge >= 0.3 is 0 Å². The summed E-state index contributed by atoms with van der Waals surface area (Å²) < 4.78 is 0. The van der Waals surface area contributed by atoms with Crippen LogP contribution in [0.5, 0.6) is 0 Å².